The van der Waals surface area contributed by atoms with E-state index in [4.69, 9.17) is 0 Å². The molecule has 144 valence electrons. The molecule has 5 rings (SSSR count). The number of hydrogen-bond acceptors (Lipinski definition) is 2. The molecule has 0 bridgehead atoms. The van der Waals surface area contributed by atoms with Gasteiger partial charge in [0.05, 0.1) is 5.69 Å². The first-order valence-corrected chi connectivity index (χ1v) is 9.96. The van der Waals surface area contributed by atoms with Crippen molar-refractivity contribution in [3.8, 4) is 11.3 Å². The van der Waals surface area contributed by atoms with Crippen LogP contribution in [0, 0.1) is 5.82 Å². The Bertz CT molecular complexity index is 1090. The van der Waals surface area contributed by atoms with Crippen LogP contribution < -0.4 is 0 Å². The van der Waals surface area contributed by atoms with Crippen molar-refractivity contribution < 1.29 is 9.18 Å². The molecule has 2 aliphatic rings. The summed E-state index contributed by atoms with van der Waals surface area (Å²) in [4.78, 5) is 18.8. The van der Waals surface area contributed by atoms with E-state index in [0.29, 0.717) is 13.0 Å². The smallest absolute Gasteiger partial charge is 0.223 e. The molecule has 0 spiro atoms. The minimum atomic E-state index is -0.264. The van der Waals surface area contributed by atoms with E-state index in [0.717, 1.165) is 23.2 Å². The van der Waals surface area contributed by atoms with E-state index in [9.17, 15) is 9.18 Å². The van der Waals surface area contributed by atoms with Gasteiger partial charge in [0.1, 0.15) is 5.82 Å². The van der Waals surface area contributed by atoms with Crippen molar-refractivity contribution in [1.29, 1.82) is 0 Å². The third-order valence-electron chi connectivity index (χ3n) is 5.95. The zero-order valence-electron chi connectivity index (χ0n) is 16.0. The predicted molar refractivity (Wildman–Crippen MR) is 111 cm³/mol. The summed E-state index contributed by atoms with van der Waals surface area (Å²) in [6, 6.07) is 19.0. The van der Waals surface area contributed by atoms with Crippen LogP contribution in [0.2, 0.25) is 0 Å². The standard InChI is InChI=1S/C25H21FN2O/c26-20-6-3-5-18(14-20)23-11-9-17(15-27-23)8-10-22-21-7-2-1-4-19(21)16-28-24(22)12-13-25(28)29/h1-11,14-15,22,24H,12-13,16H2/b10-8+/t22?,24-/m1/s1. The maximum absolute atomic E-state index is 13.4. The molecule has 1 amide bonds. The molecule has 3 heterocycles. The fourth-order valence-electron chi connectivity index (χ4n) is 4.50. The van der Waals surface area contributed by atoms with Gasteiger partial charge in [-0.1, -0.05) is 54.6 Å². The lowest BCUT2D eigenvalue weighted by Crippen LogP contribution is -2.40. The van der Waals surface area contributed by atoms with Crippen LogP contribution in [0.5, 0.6) is 0 Å². The number of halogens is 1. The van der Waals surface area contributed by atoms with Crippen molar-refractivity contribution in [1.82, 2.24) is 9.88 Å². The molecule has 2 aliphatic heterocycles. The molecule has 0 saturated carbocycles. The van der Waals surface area contributed by atoms with E-state index >= 15 is 0 Å². The van der Waals surface area contributed by atoms with Gasteiger partial charge in [0.2, 0.25) is 5.91 Å². The van der Waals surface area contributed by atoms with Crippen LogP contribution >= 0.6 is 0 Å². The summed E-state index contributed by atoms with van der Waals surface area (Å²) in [5.41, 5.74) is 5.04. The third-order valence-corrected chi connectivity index (χ3v) is 5.95. The summed E-state index contributed by atoms with van der Waals surface area (Å²) in [6.45, 7) is 0.716. The average Bonchev–Trinajstić information content (AvgIpc) is 3.12. The first-order chi connectivity index (χ1) is 14.2. The quantitative estimate of drug-likeness (QED) is 0.623. The van der Waals surface area contributed by atoms with Gasteiger partial charge in [0.25, 0.3) is 0 Å². The fraction of sp³-hybridized carbons (Fsp3) is 0.200. The SMILES string of the molecule is O=C1CC[C@@H]2C(/C=C/c3ccc(-c4cccc(F)c4)nc3)c3ccccc3CN12. The third kappa shape index (κ3) is 3.35. The maximum atomic E-state index is 13.4. The molecule has 2 atom stereocenters. The largest absolute Gasteiger partial charge is 0.334 e. The van der Waals surface area contributed by atoms with Crippen LogP contribution in [0.4, 0.5) is 4.39 Å². The number of hydrogen-bond donors (Lipinski definition) is 0. The van der Waals surface area contributed by atoms with Crippen LogP contribution in [0.3, 0.4) is 0 Å². The van der Waals surface area contributed by atoms with E-state index in [1.807, 2.05) is 35.4 Å². The number of nitrogens with zero attached hydrogens (tertiary/aromatic N) is 2. The summed E-state index contributed by atoms with van der Waals surface area (Å²) in [5.74, 6) is 0.179. The van der Waals surface area contributed by atoms with Gasteiger partial charge in [-0.15, -0.1) is 0 Å². The van der Waals surface area contributed by atoms with Crippen molar-refractivity contribution in [3.05, 3.63) is 95.4 Å². The Morgan fingerprint density at radius 3 is 2.79 bits per heavy atom. The molecular weight excluding hydrogens is 363 g/mol. The van der Waals surface area contributed by atoms with Crippen LogP contribution in [0.25, 0.3) is 17.3 Å². The maximum Gasteiger partial charge on any atom is 0.223 e. The molecule has 0 radical (unpaired) electrons. The Labute approximate surface area is 169 Å². The molecule has 1 aromatic heterocycles. The van der Waals surface area contributed by atoms with Crippen LogP contribution in [0.1, 0.15) is 35.4 Å². The molecule has 29 heavy (non-hydrogen) atoms. The van der Waals surface area contributed by atoms with Crippen molar-refractivity contribution >= 4 is 12.0 Å². The van der Waals surface area contributed by atoms with Crippen molar-refractivity contribution in [2.45, 2.75) is 31.3 Å². The van der Waals surface area contributed by atoms with E-state index in [2.05, 4.69) is 35.3 Å². The zero-order chi connectivity index (χ0) is 19.8. The predicted octanol–water partition coefficient (Wildman–Crippen LogP) is 5.19. The summed E-state index contributed by atoms with van der Waals surface area (Å²) < 4.78 is 13.4. The molecular formula is C25H21FN2O. The number of carbonyl (C=O) groups excluding carboxylic acids is 1. The highest BCUT2D eigenvalue weighted by Crippen LogP contribution is 2.40. The Balaban J connectivity index is 1.42. The lowest BCUT2D eigenvalue weighted by atomic mass is 9.83. The second-order valence-corrected chi connectivity index (χ2v) is 7.70. The lowest BCUT2D eigenvalue weighted by molar-refractivity contribution is -0.130. The van der Waals surface area contributed by atoms with E-state index < -0.39 is 0 Å². The van der Waals surface area contributed by atoms with E-state index in [1.54, 1.807) is 6.07 Å². The number of carbonyl (C=O) groups is 1. The molecule has 3 nitrogen and oxygen atoms in total. The number of amides is 1. The monoisotopic (exact) mass is 384 g/mol. The van der Waals surface area contributed by atoms with Gasteiger partial charge in [-0.25, -0.2) is 4.39 Å². The fourth-order valence-corrected chi connectivity index (χ4v) is 4.50. The van der Waals surface area contributed by atoms with Gasteiger partial charge in [0.15, 0.2) is 0 Å². The highest BCUT2D eigenvalue weighted by atomic mass is 19.1. The normalized spacial score (nSPS) is 20.7. The van der Waals surface area contributed by atoms with Crippen molar-refractivity contribution in [2.24, 2.45) is 0 Å². The lowest BCUT2D eigenvalue weighted by Gasteiger charge is -2.37. The van der Waals surface area contributed by atoms with Gasteiger partial charge in [-0.05, 0) is 41.3 Å². The molecule has 0 N–H and O–H groups in total. The van der Waals surface area contributed by atoms with Crippen molar-refractivity contribution in [2.75, 3.05) is 0 Å². The summed E-state index contributed by atoms with van der Waals surface area (Å²) >= 11 is 0. The number of aromatic nitrogens is 1. The van der Waals surface area contributed by atoms with Crippen LogP contribution in [0.15, 0.2) is 72.9 Å². The molecule has 3 aromatic rings. The number of benzene rings is 2. The van der Waals surface area contributed by atoms with Gasteiger partial charge in [-0.3, -0.25) is 9.78 Å². The molecule has 1 saturated heterocycles. The highest BCUT2D eigenvalue weighted by molar-refractivity contribution is 5.79. The Morgan fingerprint density at radius 2 is 1.97 bits per heavy atom. The zero-order valence-corrected chi connectivity index (χ0v) is 16.0. The Kier molecular flexibility index (Phi) is 4.47. The second-order valence-electron chi connectivity index (χ2n) is 7.70. The van der Waals surface area contributed by atoms with Gasteiger partial charge < -0.3 is 4.90 Å². The molecule has 1 fully saturated rings. The molecule has 4 heteroatoms. The number of pyridine rings is 1. The molecule has 0 aliphatic carbocycles. The first kappa shape index (κ1) is 17.8. The first-order valence-electron chi connectivity index (χ1n) is 9.96. The molecule has 1 unspecified atom stereocenters. The minimum Gasteiger partial charge on any atom is -0.334 e. The summed E-state index contributed by atoms with van der Waals surface area (Å²) in [7, 11) is 0. The minimum absolute atomic E-state index is 0.189. The average molecular weight is 384 g/mol. The van der Waals surface area contributed by atoms with E-state index in [-0.39, 0.29) is 23.7 Å². The van der Waals surface area contributed by atoms with Gasteiger partial charge in [-0.2, -0.15) is 0 Å². The highest BCUT2D eigenvalue weighted by Gasteiger charge is 2.40. The Morgan fingerprint density at radius 1 is 1.07 bits per heavy atom. The van der Waals surface area contributed by atoms with Gasteiger partial charge >= 0.3 is 0 Å². The van der Waals surface area contributed by atoms with Crippen LogP contribution in [-0.4, -0.2) is 21.8 Å². The Hall–Kier alpha value is -3.27. The summed E-state index contributed by atoms with van der Waals surface area (Å²) in [6.07, 6.45) is 7.62. The van der Waals surface area contributed by atoms with Crippen LogP contribution in [-0.2, 0) is 11.3 Å². The second kappa shape index (κ2) is 7.28. The number of fused-ring (bicyclic) bond motifs is 2. The number of rotatable bonds is 3. The van der Waals surface area contributed by atoms with Crippen molar-refractivity contribution in [3.63, 3.8) is 0 Å². The topological polar surface area (TPSA) is 33.2 Å². The van der Waals surface area contributed by atoms with Gasteiger partial charge in [0, 0.05) is 36.7 Å². The van der Waals surface area contributed by atoms with E-state index in [1.165, 1.54) is 23.3 Å². The molecule has 2 aromatic carbocycles. The summed E-state index contributed by atoms with van der Waals surface area (Å²) in [5, 5.41) is 0.